The van der Waals surface area contributed by atoms with Gasteiger partial charge in [0.2, 0.25) is 15.9 Å². The van der Waals surface area contributed by atoms with Gasteiger partial charge >= 0.3 is 0 Å². The van der Waals surface area contributed by atoms with Crippen molar-refractivity contribution in [1.29, 1.82) is 0 Å². The number of nitrogens with zero attached hydrogens (tertiary/aromatic N) is 1. The zero-order valence-corrected chi connectivity index (χ0v) is 13.1. The lowest BCUT2D eigenvalue weighted by atomic mass is 10.2. The van der Waals surface area contributed by atoms with Gasteiger partial charge in [0.25, 0.3) is 0 Å². The third-order valence-corrected chi connectivity index (χ3v) is 4.11. The Bertz CT molecular complexity index is 597. The number of carbonyl (C=O) groups excluding carboxylic acids is 1. The molecule has 0 aliphatic carbocycles. The van der Waals surface area contributed by atoms with Crippen molar-refractivity contribution in [2.24, 2.45) is 5.14 Å². The maximum atomic E-state index is 11.8. The van der Waals surface area contributed by atoms with Crippen LogP contribution < -0.4 is 16.2 Å². The van der Waals surface area contributed by atoms with Gasteiger partial charge in [-0.1, -0.05) is 6.07 Å². The van der Waals surface area contributed by atoms with E-state index in [0.717, 1.165) is 0 Å². The van der Waals surface area contributed by atoms with Crippen LogP contribution in [0.1, 0.15) is 20.3 Å². The molecule has 0 aliphatic rings. The fourth-order valence-electron chi connectivity index (χ4n) is 1.98. The van der Waals surface area contributed by atoms with Crippen LogP contribution in [-0.4, -0.2) is 38.9 Å². The topological polar surface area (TPSA) is 119 Å². The molecule has 1 aromatic rings. The normalized spacial score (nSPS) is 11.2. The third kappa shape index (κ3) is 4.61. The first kappa shape index (κ1) is 17.3. The minimum Gasteiger partial charge on any atom is -0.396 e. The van der Waals surface area contributed by atoms with Gasteiger partial charge < -0.3 is 16.0 Å². The number of para-hydroxylation sites is 1. The Labute approximate surface area is 125 Å². The highest BCUT2D eigenvalue weighted by Gasteiger charge is 2.15. The van der Waals surface area contributed by atoms with Crippen LogP contribution in [0.4, 0.5) is 11.4 Å². The average Bonchev–Trinajstić information content (AvgIpc) is 2.40. The van der Waals surface area contributed by atoms with Crippen LogP contribution in [-0.2, 0) is 14.8 Å². The lowest BCUT2D eigenvalue weighted by Crippen LogP contribution is -2.31. The Balaban J connectivity index is 2.71. The number of sulfonamides is 1. The van der Waals surface area contributed by atoms with Crippen molar-refractivity contribution in [3.63, 3.8) is 0 Å². The van der Waals surface area contributed by atoms with E-state index in [1.54, 1.807) is 17.0 Å². The van der Waals surface area contributed by atoms with Crippen LogP contribution in [0.5, 0.6) is 0 Å². The van der Waals surface area contributed by atoms with Crippen LogP contribution >= 0.6 is 0 Å². The van der Waals surface area contributed by atoms with Gasteiger partial charge in [0.1, 0.15) is 4.90 Å². The van der Waals surface area contributed by atoms with Crippen molar-refractivity contribution < 1.29 is 13.2 Å². The van der Waals surface area contributed by atoms with Gasteiger partial charge in [-0.2, -0.15) is 0 Å². The Morgan fingerprint density at radius 3 is 2.43 bits per heavy atom. The molecule has 0 unspecified atom stereocenters. The quantitative estimate of drug-likeness (QED) is 0.636. The Kier molecular flexibility index (Phi) is 5.98. The molecule has 0 saturated heterocycles. The van der Waals surface area contributed by atoms with Crippen molar-refractivity contribution >= 4 is 27.3 Å². The van der Waals surface area contributed by atoms with E-state index in [-0.39, 0.29) is 16.5 Å². The Morgan fingerprint density at radius 1 is 1.29 bits per heavy atom. The molecule has 1 amide bonds. The van der Waals surface area contributed by atoms with Gasteiger partial charge in [0.15, 0.2) is 0 Å². The Hall–Kier alpha value is -1.80. The fourth-order valence-corrected chi connectivity index (χ4v) is 2.67. The maximum absolute atomic E-state index is 11.8. The molecule has 0 aromatic heterocycles. The molecule has 0 saturated carbocycles. The maximum Gasteiger partial charge on any atom is 0.240 e. The highest BCUT2D eigenvalue weighted by Crippen LogP contribution is 2.25. The van der Waals surface area contributed by atoms with Gasteiger partial charge in [0, 0.05) is 26.1 Å². The largest absolute Gasteiger partial charge is 0.396 e. The molecule has 1 aromatic carbocycles. The number of hydrogen-bond donors (Lipinski definition) is 3. The van der Waals surface area contributed by atoms with Gasteiger partial charge in [-0.25, -0.2) is 13.6 Å². The SMILES string of the molecule is CCN(CC)C(=O)CCNc1cccc(S(N)(=O)=O)c1N. The summed E-state index contributed by atoms with van der Waals surface area (Å²) in [4.78, 5) is 13.5. The lowest BCUT2D eigenvalue weighted by Gasteiger charge is -2.19. The van der Waals surface area contributed by atoms with Crippen molar-refractivity contribution in [3.8, 4) is 0 Å². The van der Waals surface area contributed by atoms with Crippen LogP contribution in [0.2, 0.25) is 0 Å². The second kappa shape index (κ2) is 7.28. The summed E-state index contributed by atoms with van der Waals surface area (Å²) in [5.74, 6) is 0.0358. The van der Waals surface area contributed by atoms with Crippen molar-refractivity contribution in [2.75, 3.05) is 30.7 Å². The molecule has 5 N–H and O–H groups in total. The summed E-state index contributed by atoms with van der Waals surface area (Å²) < 4.78 is 22.7. The second-order valence-electron chi connectivity index (χ2n) is 4.51. The van der Waals surface area contributed by atoms with Crippen molar-refractivity contribution in [2.45, 2.75) is 25.2 Å². The van der Waals surface area contributed by atoms with Crippen LogP contribution in [0.3, 0.4) is 0 Å². The number of benzene rings is 1. The zero-order valence-electron chi connectivity index (χ0n) is 12.3. The summed E-state index contributed by atoms with van der Waals surface area (Å²) in [6.07, 6.45) is 0.306. The number of nitrogen functional groups attached to an aromatic ring is 1. The number of anilines is 2. The highest BCUT2D eigenvalue weighted by molar-refractivity contribution is 7.89. The second-order valence-corrected chi connectivity index (χ2v) is 6.04. The summed E-state index contributed by atoms with van der Waals surface area (Å²) in [6.45, 7) is 5.54. The van der Waals surface area contributed by atoms with Crippen molar-refractivity contribution in [3.05, 3.63) is 18.2 Å². The minimum atomic E-state index is -3.86. The molecule has 0 aliphatic heterocycles. The van der Waals surface area contributed by atoms with Crippen LogP contribution in [0.25, 0.3) is 0 Å². The first-order chi connectivity index (χ1) is 9.81. The molecule has 0 fully saturated rings. The molecule has 7 nitrogen and oxygen atoms in total. The number of carbonyl (C=O) groups is 1. The van der Waals surface area contributed by atoms with E-state index < -0.39 is 10.0 Å². The number of nitrogens with two attached hydrogens (primary N) is 2. The van der Waals surface area contributed by atoms with E-state index in [9.17, 15) is 13.2 Å². The monoisotopic (exact) mass is 314 g/mol. The predicted molar refractivity (Wildman–Crippen MR) is 83.3 cm³/mol. The lowest BCUT2D eigenvalue weighted by molar-refractivity contribution is -0.130. The van der Waals surface area contributed by atoms with Gasteiger partial charge in [-0.15, -0.1) is 0 Å². The third-order valence-electron chi connectivity index (χ3n) is 3.14. The highest BCUT2D eigenvalue weighted by atomic mass is 32.2. The summed E-state index contributed by atoms with van der Waals surface area (Å²) in [5.41, 5.74) is 6.30. The first-order valence-electron chi connectivity index (χ1n) is 6.74. The predicted octanol–water partition coefficient (Wildman–Crippen LogP) is 0.587. The molecule has 1 rings (SSSR count). The molecule has 0 radical (unpaired) electrons. The van der Waals surface area contributed by atoms with Gasteiger partial charge in [0.05, 0.1) is 11.4 Å². The molecular weight excluding hydrogens is 292 g/mol. The smallest absolute Gasteiger partial charge is 0.240 e. The van der Waals surface area contributed by atoms with E-state index in [2.05, 4.69) is 5.32 Å². The summed E-state index contributed by atoms with van der Waals surface area (Å²) in [6, 6.07) is 4.54. The number of primary sulfonamides is 1. The fraction of sp³-hybridized carbons (Fsp3) is 0.462. The summed E-state index contributed by atoms with van der Waals surface area (Å²) in [5, 5.41) is 8.05. The molecular formula is C13H22N4O3S. The standard InChI is InChI=1S/C13H22N4O3S/c1-3-17(4-2)12(18)8-9-16-10-6-5-7-11(13(10)14)21(15,19)20/h5-7,16H,3-4,8-9,14H2,1-2H3,(H2,15,19,20). The first-order valence-corrected chi connectivity index (χ1v) is 8.28. The molecule has 0 spiro atoms. The molecule has 8 heteroatoms. The minimum absolute atomic E-state index is 0.0358. The van der Waals surface area contributed by atoms with Crippen LogP contribution in [0.15, 0.2) is 23.1 Å². The number of nitrogens with one attached hydrogen (secondary N) is 1. The molecule has 0 atom stereocenters. The van der Waals surface area contributed by atoms with E-state index in [1.807, 2.05) is 13.8 Å². The summed E-state index contributed by atoms with van der Waals surface area (Å²) >= 11 is 0. The van der Waals surface area contributed by atoms with Gasteiger partial charge in [-0.3, -0.25) is 4.79 Å². The number of rotatable bonds is 7. The van der Waals surface area contributed by atoms with E-state index in [0.29, 0.717) is 31.7 Å². The van der Waals surface area contributed by atoms with E-state index in [4.69, 9.17) is 10.9 Å². The molecule has 0 bridgehead atoms. The zero-order chi connectivity index (χ0) is 16.0. The molecule has 0 heterocycles. The number of hydrogen-bond acceptors (Lipinski definition) is 5. The Morgan fingerprint density at radius 2 is 1.90 bits per heavy atom. The van der Waals surface area contributed by atoms with E-state index >= 15 is 0 Å². The molecule has 21 heavy (non-hydrogen) atoms. The molecule has 118 valence electrons. The van der Waals surface area contributed by atoms with Gasteiger partial charge in [-0.05, 0) is 26.0 Å². The van der Waals surface area contributed by atoms with E-state index in [1.165, 1.54) is 6.07 Å². The summed E-state index contributed by atoms with van der Waals surface area (Å²) in [7, 11) is -3.86. The van der Waals surface area contributed by atoms with Crippen molar-refractivity contribution in [1.82, 2.24) is 4.90 Å². The van der Waals surface area contributed by atoms with Crippen LogP contribution in [0, 0.1) is 0 Å². The average molecular weight is 314 g/mol. The number of amides is 1.